The Morgan fingerprint density at radius 1 is 1.52 bits per heavy atom. The molecule has 2 rings (SSSR count). The average molecular weight is 289 g/mol. The highest BCUT2D eigenvalue weighted by Gasteiger charge is 2.34. The Morgan fingerprint density at radius 3 is 2.90 bits per heavy atom. The molecule has 0 spiro atoms. The van der Waals surface area contributed by atoms with Gasteiger partial charge in [0.15, 0.2) is 0 Å². The van der Waals surface area contributed by atoms with Gasteiger partial charge in [0, 0.05) is 18.7 Å². The lowest BCUT2D eigenvalue weighted by atomic mass is 9.77. The van der Waals surface area contributed by atoms with E-state index >= 15 is 0 Å². The Hall–Kier alpha value is -1.58. The van der Waals surface area contributed by atoms with Crippen LogP contribution in [0.2, 0.25) is 0 Å². The van der Waals surface area contributed by atoms with Gasteiger partial charge < -0.3 is 9.88 Å². The predicted molar refractivity (Wildman–Crippen MR) is 84.7 cm³/mol. The summed E-state index contributed by atoms with van der Waals surface area (Å²) in [5, 5.41) is 0. The van der Waals surface area contributed by atoms with E-state index in [1.807, 2.05) is 11.8 Å². The third-order valence-electron chi connectivity index (χ3n) is 4.44. The van der Waals surface area contributed by atoms with Gasteiger partial charge in [0.2, 0.25) is 5.91 Å². The van der Waals surface area contributed by atoms with Gasteiger partial charge in [0.25, 0.3) is 0 Å². The summed E-state index contributed by atoms with van der Waals surface area (Å²) in [6, 6.07) is 0. The molecule has 1 saturated heterocycles. The molecule has 0 saturated carbocycles. The Labute approximate surface area is 127 Å². The van der Waals surface area contributed by atoms with E-state index in [4.69, 9.17) is 0 Å². The van der Waals surface area contributed by atoms with Gasteiger partial charge in [-0.1, -0.05) is 18.6 Å². The van der Waals surface area contributed by atoms with Crippen LogP contribution in [0.4, 0.5) is 0 Å². The van der Waals surface area contributed by atoms with E-state index in [0.717, 1.165) is 37.2 Å². The predicted octanol–water partition coefficient (Wildman–Crippen LogP) is 3.59. The van der Waals surface area contributed by atoms with Crippen molar-refractivity contribution < 1.29 is 4.79 Å². The van der Waals surface area contributed by atoms with Gasteiger partial charge in [-0.15, -0.1) is 0 Å². The molecule has 1 aromatic rings. The minimum Gasteiger partial charge on any atom is -0.348 e. The molecule has 0 radical (unpaired) electrons. The zero-order valence-corrected chi connectivity index (χ0v) is 13.7. The summed E-state index contributed by atoms with van der Waals surface area (Å²) < 4.78 is 0. The number of carbonyl (C=O) groups excluding carboxylic acids is 1. The molecule has 1 fully saturated rings. The molecule has 116 valence electrons. The number of amides is 1. The van der Waals surface area contributed by atoms with Crippen LogP contribution in [0, 0.1) is 12.3 Å². The Balaban J connectivity index is 2.00. The van der Waals surface area contributed by atoms with Crippen LogP contribution in [0.25, 0.3) is 0 Å². The summed E-state index contributed by atoms with van der Waals surface area (Å²) in [5.74, 6) is 0.261. The zero-order chi connectivity index (χ0) is 15.5. The SMILES string of the molecule is CC(C)=CCC[C@]1(C)CCC(=O)N(Cc2nc[nH]c2C)C1. The van der Waals surface area contributed by atoms with Crippen molar-refractivity contribution in [1.82, 2.24) is 14.9 Å². The van der Waals surface area contributed by atoms with Crippen LogP contribution in [0.3, 0.4) is 0 Å². The van der Waals surface area contributed by atoms with E-state index in [0.29, 0.717) is 13.0 Å². The van der Waals surface area contributed by atoms with Gasteiger partial charge in [-0.25, -0.2) is 4.98 Å². The van der Waals surface area contributed by atoms with Crippen LogP contribution in [-0.4, -0.2) is 27.3 Å². The number of hydrogen-bond donors (Lipinski definition) is 1. The number of hydrogen-bond acceptors (Lipinski definition) is 2. The fourth-order valence-electron chi connectivity index (χ4n) is 2.98. The highest BCUT2D eigenvalue weighted by atomic mass is 16.2. The number of aromatic amines is 1. The summed E-state index contributed by atoms with van der Waals surface area (Å²) in [6.07, 6.45) is 7.90. The minimum atomic E-state index is 0.226. The van der Waals surface area contributed by atoms with Gasteiger partial charge >= 0.3 is 0 Å². The lowest BCUT2D eigenvalue weighted by Crippen LogP contribution is -2.44. The fraction of sp³-hybridized carbons (Fsp3) is 0.647. The van der Waals surface area contributed by atoms with Crippen molar-refractivity contribution in [3.63, 3.8) is 0 Å². The first-order valence-electron chi connectivity index (χ1n) is 7.80. The second-order valence-electron chi connectivity index (χ2n) is 6.85. The quantitative estimate of drug-likeness (QED) is 0.842. The van der Waals surface area contributed by atoms with Crippen molar-refractivity contribution in [2.24, 2.45) is 5.41 Å². The maximum atomic E-state index is 12.2. The van der Waals surface area contributed by atoms with E-state index < -0.39 is 0 Å². The highest BCUT2D eigenvalue weighted by molar-refractivity contribution is 5.77. The molecule has 1 atom stereocenters. The number of imidazole rings is 1. The number of likely N-dealkylation sites (tertiary alicyclic amines) is 1. The average Bonchev–Trinajstić information content (AvgIpc) is 2.79. The van der Waals surface area contributed by atoms with Crippen LogP contribution in [0.1, 0.15) is 57.8 Å². The first-order chi connectivity index (χ1) is 9.89. The molecule has 0 aromatic carbocycles. The van der Waals surface area contributed by atoms with Crippen LogP contribution in [0.15, 0.2) is 18.0 Å². The maximum Gasteiger partial charge on any atom is 0.222 e. The molecule has 0 unspecified atom stereocenters. The van der Waals surface area contributed by atoms with Gasteiger partial charge in [0.05, 0.1) is 18.6 Å². The Morgan fingerprint density at radius 2 is 2.29 bits per heavy atom. The molecular weight excluding hydrogens is 262 g/mol. The number of allylic oxidation sites excluding steroid dienone is 2. The standard InChI is InChI=1S/C17H27N3O/c1-13(2)6-5-8-17(4)9-7-16(21)20(11-17)10-15-14(3)18-12-19-15/h6,12H,5,7-11H2,1-4H3,(H,18,19)/t17-/m1/s1. The van der Waals surface area contributed by atoms with Crippen LogP contribution in [0.5, 0.6) is 0 Å². The largest absolute Gasteiger partial charge is 0.348 e. The molecule has 2 heterocycles. The minimum absolute atomic E-state index is 0.226. The molecule has 4 heteroatoms. The zero-order valence-electron chi connectivity index (χ0n) is 13.7. The summed E-state index contributed by atoms with van der Waals surface area (Å²) in [4.78, 5) is 21.6. The number of aromatic nitrogens is 2. The maximum absolute atomic E-state index is 12.2. The topological polar surface area (TPSA) is 49.0 Å². The third kappa shape index (κ3) is 4.19. The molecular formula is C17H27N3O. The van der Waals surface area contributed by atoms with Gasteiger partial charge in [0.1, 0.15) is 0 Å². The number of carbonyl (C=O) groups is 1. The van der Waals surface area contributed by atoms with Gasteiger partial charge in [-0.2, -0.15) is 0 Å². The lowest BCUT2D eigenvalue weighted by Gasteiger charge is -2.40. The number of H-pyrrole nitrogens is 1. The monoisotopic (exact) mass is 289 g/mol. The summed E-state index contributed by atoms with van der Waals surface area (Å²) >= 11 is 0. The van der Waals surface area contributed by atoms with Crippen molar-refractivity contribution in [3.05, 3.63) is 29.4 Å². The van der Waals surface area contributed by atoms with E-state index in [9.17, 15) is 4.79 Å². The van der Waals surface area contributed by atoms with E-state index in [1.165, 1.54) is 5.57 Å². The van der Waals surface area contributed by atoms with Crippen LogP contribution < -0.4 is 0 Å². The van der Waals surface area contributed by atoms with Gasteiger partial charge in [-0.05, 0) is 45.4 Å². The van der Waals surface area contributed by atoms with Crippen LogP contribution in [-0.2, 0) is 11.3 Å². The lowest BCUT2D eigenvalue weighted by molar-refractivity contribution is -0.138. The number of rotatable bonds is 5. The third-order valence-corrected chi connectivity index (χ3v) is 4.44. The molecule has 0 bridgehead atoms. The molecule has 1 aromatic heterocycles. The number of nitrogens with one attached hydrogen (secondary N) is 1. The molecule has 21 heavy (non-hydrogen) atoms. The molecule has 1 aliphatic rings. The Bertz CT molecular complexity index is 528. The number of piperidine rings is 1. The second-order valence-corrected chi connectivity index (χ2v) is 6.85. The second kappa shape index (κ2) is 6.46. The molecule has 1 N–H and O–H groups in total. The van der Waals surface area contributed by atoms with E-state index in [-0.39, 0.29) is 11.3 Å². The summed E-state index contributed by atoms with van der Waals surface area (Å²) in [5.41, 5.74) is 3.63. The van der Waals surface area contributed by atoms with Crippen molar-refractivity contribution in [2.75, 3.05) is 6.54 Å². The van der Waals surface area contributed by atoms with E-state index in [2.05, 4.69) is 36.8 Å². The number of nitrogens with zero attached hydrogens (tertiary/aromatic N) is 2. The first kappa shape index (κ1) is 15.8. The molecule has 1 aliphatic heterocycles. The fourth-order valence-corrected chi connectivity index (χ4v) is 2.98. The van der Waals surface area contributed by atoms with Crippen molar-refractivity contribution in [2.45, 2.75) is 59.9 Å². The Kier molecular flexibility index (Phi) is 4.86. The van der Waals surface area contributed by atoms with Crippen molar-refractivity contribution >= 4 is 5.91 Å². The van der Waals surface area contributed by atoms with Crippen molar-refractivity contribution in [1.29, 1.82) is 0 Å². The van der Waals surface area contributed by atoms with Crippen molar-refractivity contribution in [3.8, 4) is 0 Å². The van der Waals surface area contributed by atoms with Gasteiger partial charge in [-0.3, -0.25) is 4.79 Å². The summed E-state index contributed by atoms with van der Waals surface area (Å²) in [6.45, 7) is 10.1. The molecule has 4 nitrogen and oxygen atoms in total. The first-order valence-corrected chi connectivity index (χ1v) is 7.80. The van der Waals surface area contributed by atoms with Crippen LogP contribution >= 0.6 is 0 Å². The molecule has 0 aliphatic carbocycles. The highest BCUT2D eigenvalue weighted by Crippen LogP contribution is 2.35. The number of aryl methyl sites for hydroxylation is 1. The normalized spacial score (nSPS) is 22.5. The molecule has 1 amide bonds. The summed E-state index contributed by atoms with van der Waals surface area (Å²) in [7, 11) is 0. The smallest absolute Gasteiger partial charge is 0.222 e. The van der Waals surface area contributed by atoms with E-state index in [1.54, 1.807) is 6.33 Å².